The molecule has 5 nitrogen and oxygen atoms in total. The molecule has 2 N–H and O–H groups in total. The molecule has 0 bridgehead atoms. The fourth-order valence-corrected chi connectivity index (χ4v) is 3.10. The number of rotatable bonds is 6. The molecule has 0 aliphatic heterocycles. The molecule has 0 spiro atoms. The highest BCUT2D eigenvalue weighted by Crippen LogP contribution is 2.14. The van der Waals surface area contributed by atoms with Crippen LogP contribution in [0.1, 0.15) is 32.6 Å². The highest BCUT2D eigenvalue weighted by Gasteiger charge is 2.07. The van der Waals surface area contributed by atoms with Crippen LogP contribution in [0.5, 0.6) is 0 Å². The van der Waals surface area contributed by atoms with Crippen molar-refractivity contribution >= 4 is 47.2 Å². The number of benzene rings is 1. The molecule has 0 saturated carbocycles. The number of nitrogens with zero attached hydrogens (tertiary/aromatic N) is 2. The molecule has 1 heterocycles. The molecule has 0 saturated heterocycles. The summed E-state index contributed by atoms with van der Waals surface area (Å²) in [5.41, 5.74) is 1.76. The fraction of sp³-hybridized carbons (Fsp3) is 0.368. The SMILES string of the molecule is CCNC(=NCc1ccc(C(=O)N(C)C)cc1)NCc1ccc(C)s1.I. The molecule has 0 atom stereocenters. The van der Waals surface area contributed by atoms with E-state index in [9.17, 15) is 4.79 Å². The van der Waals surface area contributed by atoms with Crippen molar-refractivity contribution in [2.24, 2.45) is 4.99 Å². The summed E-state index contributed by atoms with van der Waals surface area (Å²) < 4.78 is 0. The van der Waals surface area contributed by atoms with Gasteiger partial charge in [-0.15, -0.1) is 35.3 Å². The van der Waals surface area contributed by atoms with Crippen molar-refractivity contribution in [1.82, 2.24) is 15.5 Å². The largest absolute Gasteiger partial charge is 0.357 e. The zero-order valence-corrected chi connectivity index (χ0v) is 18.9. The lowest BCUT2D eigenvalue weighted by Crippen LogP contribution is -2.36. The monoisotopic (exact) mass is 486 g/mol. The first-order valence-electron chi connectivity index (χ1n) is 8.37. The lowest BCUT2D eigenvalue weighted by molar-refractivity contribution is 0.0827. The van der Waals surface area contributed by atoms with Gasteiger partial charge in [0.15, 0.2) is 5.96 Å². The van der Waals surface area contributed by atoms with Crippen molar-refractivity contribution in [3.8, 4) is 0 Å². The van der Waals surface area contributed by atoms with Gasteiger partial charge in [0.05, 0.1) is 13.1 Å². The second kappa shape index (κ2) is 11.2. The maximum atomic E-state index is 11.9. The Kier molecular flexibility index (Phi) is 9.64. The lowest BCUT2D eigenvalue weighted by Gasteiger charge is -2.11. The molecule has 0 radical (unpaired) electrons. The zero-order chi connectivity index (χ0) is 18.2. The molecule has 7 heteroatoms. The molecule has 0 unspecified atom stereocenters. The van der Waals surface area contributed by atoms with Crippen LogP contribution in [0.25, 0.3) is 0 Å². The molecule has 0 aliphatic rings. The van der Waals surface area contributed by atoms with Gasteiger partial charge in [-0.3, -0.25) is 4.79 Å². The van der Waals surface area contributed by atoms with E-state index in [1.807, 2.05) is 31.2 Å². The molecule has 0 aliphatic carbocycles. The Morgan fingerprint density at radius 2 is 1.81 bits per heavy atom. The van der Waals surface area contributed by atoms with E-state index in [-0.39, 0.29) is 29.9 Å². The second-order valence-corrected chi connectivity index (χ2v) is 7.33. The summed E-state index contributed by atoms with van der Waals surface area (Å²) in [5, 5.41) is 6.61. The Morgan fingerprint density at radius 3 is 2.35 bits per heavy atom. The quantitative estimate of drug-likeness (QED) is 0.373. The zero-order valence-electron chi connectivity index (χ0n) is 15.7. The van der Waals surface area contributed by atoms with Crippen molar-refractivity contribution in [2.75, 3.05) is 20.6 Å². The standard InChI is InChI=1S/C19H26N4OS.HI/c1-5-20-19(22-13-17-11-6-14(2)25-17)21-12-15-7-9-16(10-8-15)18(24)23(3)4;/h6-11H,5,12-13H2,1-4H3,(H2,20,21,22);1H. The number of hydrogen-bond donors (Lipinski definition) is 2. The molecule has 1 aromatic carbocycles. The van der Waals surface area contributed by atoms with Gasteiger partial charge >= 0.3 is 0 Å². The Balaban J connectivity index is 0.00000338. The summed E-state index contributed by atoms with van der Waals surface area (Å²) in [5.74, 6) is 0.804. The molecule has 26 heavy (non-hydrogen) atoms. The number of aliphatic imine (C=N–C) groups is 1. The first-order chi connectivity index (χ1) is 12.0. The molecule has 1 aromatic heterocycles. The number of hydrogen-bond acceptors (Lipinski definition) is 3. The van der Waals surface area contributed by atoms with Gasteiger partial charge in [0.25, 0.3) is 5.91 Å². The van der Waals surface area contributed by atoms with Crippen molar-refractivity contribution < 1.29 is 4.79 Å². The van der Waals surface area contributed by atoms with Crippen molar-refractivity contribution in [3.63, 3.8) is 0 Å². The molecular formula is C19H27IN4OS. The van der Waals surface area contributed by atoms with Crippen LogP contribution >= 0.6 is 35.3 Å². The van der Waals surface area contributed by atoms with Gasteiger partial charge in [0, 0.05) is 36.0 Å². The number of carbonyl (C=O) groups is 1. The van der Waals surface area contributed by atoms with Crippen LogP contribution in [0.3, 0.4) is 0 Å². The molecular weight excluding hydrogens is 459 g/mol. The van der Waals surface area contributed by atoms with Crippen LogP contribution in [-0.4, -0.2) is 37.4 Å². The minimum atomic E-state index is 0. The van der Waals surface area contributed by atoms with Crippen LogP contribution in [0.15, 0.2) is 41.4 Å². The number of nitrogens with one attached hydrogen (secondary N) is 2. The van der Waals surface area contributed by atoms with Crippen LogP contribution in [0.2, 0.25) is 0 Å². The van der Waals surface area contributed by atoms with Gasteiger partial charge in [-0.1, -0.05) is 12.1 Å². The number of amides is 1. The first-order valence-corrected chi connectivity index (χ1v) is 9.19. The predicted octanol–water partition coefficient (Wildman–Crippen LogP) is 3.63. The average Bonchev–Trinajstić information content (AvgIpc) is 3.02. The molecule has 0 fully saturated rings. The van der Waals surface area contributed by atoms with Crippen molar-refractivity contribution in [3.05, 3.63) is 57.3 Å². The molecule has 142 valence electrons. The van der Waals surface area contributed by atoms with E-state index >= 15 is 0 Å². The summed E-state index contributed by atoms with van der Waals surface area (Å²) in [7, 11) is 3.51. The summed E-state index contributed by atoms with van der Waals surface area (Å²) in [6.07, 6.45) is 0. The fourth-order valence-electron chi connectivity index (χ4n) is 2.27. The van der Waals surface area contributed by atoms with Gasteiger partial charge in [-0.05, 0) is 43.7 Å². The number of thiophene rings is 1. The van der Waals surface area contributed by atoms with E-state index in [2.05, 4.69) is 34.7 Å². The predicted molar refractivity (Wildman–Crippen MR) is 121 cm³/mol. The van der Waals surface area contributed by atoms with Crippen LogP contribution in [-0.2, 0) is 13.1 Å². The maximum Gasteiger partial charge on any atom is 0.253 e. The van der Waals surface area contributed by atoms with Gasteiger partial charge in [0.2, 0.25) is 0 Å². The van der Waals surface area contributed by atoms with Gasteiger partial charge in [0.1, 0.15) is 0 Å². The number of guanidine groups is 1. The summed E-state index contributed by atoms with van der Waals surface area (Å²) >= 11 is 1.79. The lowest BCUT2D eigenvalue weighted by atomic mass is 10.1. The van der Waals surface area contributed by atoms with E-state index in [0.29, 0.717) is 12.1 Å². The smallest absolute Gasteiger partial charge is 0.253 e. The van der Waals surface area contributed by atoms with Crippen LogP contribution in [0, 0.1) is 6.92 Å². The van der Waals surface area contributed by atoms with E-state index in [1.54, 1.807) is 30.3 Å². The van der Waals surface area contributed by atoms with Crippen molar-refractivity contribution in [2.45, 2.75) is 26.9 Å². The topological polar surface area (TPSA) is 56.7 Å². The van der Waals surface area contributed by atoms with Gasteiger partial charge < -0.3 is 15.5 Å². The molecule has 2 rings (SSSR count). The Labute approximate surface area is 176 Å². The second-order valence-electron chi connectivity index (χ2n) is 5.96. The summed E-state index contributed by atoms with van der Waals surface area (Å²) in [6.45, 7) is 6.30. The first kappa shape index (κ1) is 22.4. The van der Waals surface area contributed by atoms with Gasteiger partial charge in [-0.2, -0.15) is 0 Å². The Hall–Kier alpha value is -1.61. The van der Waals surface area contributed by atoms with E-state index in [1.165, 1.54) is 9.75 Å². The summed E-state index contributed by atoms with van der Waals surface area (Å²) in [4.78, 5) is 20.7. The molecule has 1 amide bonds. The van der Waals surface area contributed by atoms with Crippen LogP contribution < -0.4 is 10.6 Å². The normalized spacial score (nSPS) is 10.8. The third-order valence-electron chi connectivity index (χ3n) is 3.60. The minimum Gasteiger partial charge on any atom is -0.357 e. The van der Waals surface area contributed by atoms with Gasteiger partial charge in [-0.25, -0.2) is 4.99 Å². The Bertz CT molecular complexity index is 725. The van der Waals surface area contributed by atoms with E-state index < -0.39 is 0 Å². The summed E-state index contributed by atoms with van der Waals surface area (Å²) in [6, 6.07) is 11.9. The maximum absolute atomic E-state index is 11.9. The highest BCUT2D eigenvalue weighted by molar-refractivity contribution is 14.0. The number of carbonyl (C=O) groups excluding carboxylic acids is 1. The van der Waals surface area contributed by atoms with Crippen LogP contribution in [0.4, 0.5) is 0 Å². The third kappa shape index (κ3) is 6.95. The molecule has 2 aromatic rings. The minimum absolute atomic E-state index is 0. The van der Waals surface area contributed by atoms with E-state index in [0.717, 1.165) is 24.6 Å². The Morgan fingerprint density at radius 1 is 1.12 bits per heavy atom. The number of halogens is 1. The van der Waals surface area contributed by atoms with Crippen molar-refractivity contribution in [1.29, 1.82) is 0 Å². The van der Waals surface area contributed by atoms with E-state index in [4.69, 9.17) is 0 Å². The highest BCUT2D eigenvalue weighted by atomic mass is 127. The third-order valence-corrected chi connectivity index (χ3v) is 4.60. The number of aryl methyl sites for hydroxylation is 1. The average molecular weight is 486 g/mol.